The zero-order valence-corrected chi connectivity index (χ0v) is 17.5. The normalized spacial score (nSPS) is 11.1. The van der Waals surface area contributed by atoms with Gasteiger partial charge in [-0.2, -0.15) is 0 Å². The van der Waals surface area contributed by atoms with Crippen LogP contribution in [0, 0.1) is 12.3 Å². The quantitative estimate of drug-likeness (QED) is 0.243. The first-order valence-corrected chi connectivity index (χ1v) is 10.7. The van der Waals surface area contributed by atoms with E-state index in [0.29, 0.717) is 17.1 Å². The zero-order valence-electron chi connectivity index (χ0n) is 16.7. The lowest BCUT2D eigenvalue weighted by Crippen LogP contribution is -2.08. The Morgan fingerprint density at radius 2 is 2.03 bits per heavy atom. The summed E-state index contributed by atoms with van der Waals surface area (Å²) in [6.45, 7) is 4.24. The van der Waals surface area contributed by atoms with E-state index in [2.05, 4.69) is 28.8 Å². The number of aromatic nitrogens is 3. The Kier molecular flexibility index (Phi) is 5.11. The molecule has 0 saturated carbocycles. The molecule has 6 heteroatoms. The average Bonchev–Trinajstić information content (AvgIpc) is 3.18. The Bertz CT molecular complexity index is 1230. The maximum absolute atomic E-state index is 8.77. The minimum absolute atomic E-state index is 0.282. The third kappa shape index (κ3) is 3.40. The van der Waals surface area contributed by atoms with Gasteiger partial charge in [0.05, 0.1) is 5.52 Å². The van der Waals surface area contributed by atoms with Crippen molar-refractivity contribution in [2.24, 2.45) is 0 Å². The molecule has 4 rings (SSSR count). The van der Waals surface area contributed by atoms with E-state index in [1.165, 1.54) is 11.1 Å². The zero-order chi connectivity index (χ0) is 20.5. The molecule has 29 heavy (non-hydrogen) atoms. The topological polar surface area (TPSA) is 91.4 Å². The lowest BCUT2D eigenvalue weighted by Gasteiger charge is -2.12. The number of hydrogen-bond donors (Lipinski definition) is 3. The highest BCUT2D eigenvalue weighted by Gasteiger charge is 2.16. The number of rotatable bonds is 5. The molecule has 0 bridgehead atoms. The standard InChI is InChI=1S/C23H23N5S/c1-4-14-11-26-12-17(13(14)2)15-8-9-18(24)16(10-15)21(25)23-27-19-6-5-7-20(29-3)22(19)28-23/h5-12,25H,4,24H2,1-3H3,(H,27,28). The summed E-state index contributed by atoms with van der Waals surface area (Å²) in [7, 11) is 0. The van der Waals surface area contributed by atoms with Gasteiger partial charge in [0, 0.05) is 34.1 Å². The number of para-hydroxylation sites is 1. The van der Waals surface area contributed by atoms with E-state index in [1.54, 1.807) is 11.8 Å². The van der Waals surface area contributed by atoms with E-state index in [1.807, 2.05) is 55.0 Å². The number of aromatic amines is 1. The lowest BCUT2D eigenvalue weighted by atomic mass is 9.95. The summed E-state index contributed by atoms with van der Waals surface area (Å²) in [4.78, 5) is 13.4. The second kappa shape index (κ2) is 7.72. The number of H-pyrrole nitrogens is 1. The first-order valence-electron chi connectivity index (χ1n) is 9.48. The molecule has 2 heterocycles. The molecule has 4 N–H and O–H groups in total. The van der Waals surface area contributed by atoms with Crippen molar-refractivity contribution in [3.8, 4) is 11.1 Å². The van der Waals surface area contributed by atoms with Gasteiger partial charge in [0.2, 0.25) is 0 Å². The summed E-state index contributed by atoms with van der Waals surface area (Å²) >= 11 is 1.64. The molecule has 0 fully saturated rings. The van der Waals surface area contributed by atoms with E-state index in [0.717, 1.165) is 33.5 Å². The van der Waals surface area contributed by atoms with E-state index in [4.69, 9.17) is 11.1 Å². The minimum Gasteiger partial charge on any atom is -0.398 e. The Morgan fingerprint density at radius 1 is 1.21 bits per heavy atom. The van der Waals surface area contributed by atoms with Crippen LogP contribution < -0.4 is 5.73 Å². The van der Waals surface area contributed by atoms with Crippen molar-refractivity contribution < 1.29 is 0 Å². The largest absolute Gasteiger partial charge is 0.398 e. The Morgan fingerprint density at radius 3 is 2.79 bits per heavy atom. The van der Waals surface area contributed by atoms with Gasteiger partial charge in [0.1, 0.15) is 11.2 Å². The van der Waals surface area contributed by atoms with Crippen LogP contribution in [0.1, 0.15) is 29.4 Å². The predicted molar refractivity (Wildman–Crippen MR) is 122 cm³/mol. The third-order valence-electron chi connectivity index (χ3n) is 5.27. The van der Waals surface area contributed by atoms with Crippen LogP contribution >= 0.6 is 11.8 Å². The fourth-order valence-corrected chi connectivity index (χ4v) is 4.14. The van der Waals surface area contributed by atoms with Crippen molar-refractivity contribution in [3.63, 3.8) is 0 Å². The molecule has 2 aromatic heterocycles. The number of hydrogen-bond acceptors (Lipinski definition) is 5. The molecule has 5 nitrogen and oxygen atoms in total. The van der Waals surface area contributed by atoms with Crippen LogP contribution in [0.3, 0.4) is 0 Å². The van der Waals surface area contributed by atoms with E-state index < -0.39 is 0 Å². The molecule has 146 valence electrons. The van der Waals surface area contributed by atoms with Gasteiger partial charge < -0.3 is 10.7 Å². The van der Waals surface area contributed by atoms with Gasteiger partial charge in [-0.3, -0.25) is 10.4 Å². The number of imidazole rings is 1. The fraction of sp³-hybridized carbons (Fsp3) is 0.174. The Hall–Kier alpha value is -3.12. The van der Waals surface area contributed by atoms with Crippen molar-refractivity contribution >= 4 is 34.2 Å². The number of nitrogens with one attached hydrogen (secondary N) is 2. The number of thioether (sulfide) groups is 1. The Labute approximate surface area is 174 Å². The smallest absolute Gasteiger partial charge is 0.157 e. The van der Waals surface area contributed by atoms with Crippen molar-refractivity contribution in [2.45, 2.75) is 25.2 Å². The van der Waals surface area contributed by atoms with Crippen molar-refractivity contribution in [3.05, 3.63) is 71.3 Å². The van der Waals surface area contributed by atoms with Gasteiger partial charge in [-0.15, -0.1) is 11.8 Å². The number of nitrogens with zero attached hydrogens (tertiary/aromatic N) is 2. The van der Waals surface area contributed by atoms with Gasteiger partial charge in [-0.05, 0) is 60.6 Å². The summed E-state index contributed by atoms with van der Waals surface area (Å²) in [5.74, 6) is 0.516. The van der Waals surface area contributed by atoms with Gasteiger partial charge in [0.25, 0.3) is 0 Å². The lowest BCUT2D eigenvalue weighted by molar-refractivity contribution is 1.07. The van der Waals surface area contributed by atoms with E-state index in [9.17, 15) is 0 Å². The molecule has 0 aliphatic rings. The number of benzene rings is 2. The molecule has 0 amide bonds. The molecule has 4 aromatic rings. The van der Waals surface area contributed by atoms with Crippen LogP contribution in [0.4, 0.5) is 5.69 Å². The van der Waals surface area contributed by atoms with Crippen LogP contribution in [-0.4, -0.2) is 26.9 Å². The molecule has 0 spiro atoms. The van der Waals surface area contributed by atoms with Crippen molar-refractivity contribution in [1.82, 2.24) is 15.0 Å². The minimum atomic E-state index is 0.282. The van der Waals surface area contributed by atoms with Crippen LogP contribution in [0.2, 0.25) is 0 Å². The molecule has 0 aliphatic carbocycles. The summed E-state index contributed by atoms with van der Waals surface area (Å²) in [6.07, 6.45) is 6.74. The van der Waals surface area contributed by atoms with Gasteiger partial charge in [-0.25, -0.2) is 4.98 Å². The average molecular weight is 402 g/mol. The van der Waals surface area contributed by atoms with Crippen molar-refractivity contribution in [2.75, 3.05) is 12.0 Å². The molecule has 0 radical (unpaired) electrons. The molecular formula is C23H23N5S. The molecule has 0 unspecified atom stereocenters. The predicted octanol–water partition coefficient (Wildman–Crippen LogP) is 5.22. The van der Waals surface area contributed by atoms with Crippen LogP contribution in [0.5, 0.6) is 0 Å². The molecule has 2 aromatic carbocycles. The highest BCUT2D eigenvalue weighted by atomic mass is 32.2. The number of nitrogens with two attached hydrogens (primary N) is 1. The Balaban J connectivity index is 1.80. The summed E-state index contributed by atoms with van der Waals surface area (Å²) < 4.78 is 0. The van der Waals surface area contributed by atoms with E-state index >= 15 is 0 Å². The maximum Gasteiger partial charge on any atom is 0.157 e. The second-order valence-corrected chi connectivity index (χ2v) is 7.79. The first-order chi connectivity index (χ1) is 14.0. The highest BCUT2D eigenvalue weighted by molar-refractivity contribution is 7.98. The van der Waals surface area contributed by atoms with Crippen molar-refractivity contribution in [1.29, 1.82) is 5.41 Å². The van der Waals surface area contributed by atoms with Gasteiger partial charge in [-0.1, -0.05) is 19.1 Å². The number of pyridine rings is 1. The molecule has 0 atom stereocenters. The summed E-state index contributed by atoms with van der Waals surface area (Å²) in [5, 5.41) is 8.77. The fourth-order valence-electron chi connectivity index (χ4n) is 3.57. The maximum atomic E-state index is 8.77. The van der Waals surface area contributed by atoms with Crippen LogP contribution in [0.25, 0.3) is 22.2 Å². The summed E-state index contributed by atoms with van der Waals surface area (Å²) in [5.41, 5.74) is 14.0. The van der Waals surface area contributed by atoms with Crippen LogP contribution in [0.15, 0.2) is 53.7 Å². The first kappa shape index (κ1) is 19.2. The third-order valence-corrected chi connectivity index (χ3v) is 6.04. The SMILES string of the molecule is CCc1cncc(-c2ccc(N)c(C(=N)c3nc4c(SC)cccc4[nH]3)c2)c1C. The van der Waals surface area contributed by atoms with Gasteiger partial charge in [0.15, 0.2) is 5.82 Å². The molecule has 0 aliphatic heterocycles. The van der Waals surface area contributed by atoms with Gasteiger partial charge >= 0.3 is 0 Å². The number of aryl methyl sites for hydroxylation is 1. The molecule has 0 saturated heterocycles. The molecular weight excluding hydrogens is 378 g/mol. The van der Waals surface area contributed by atoms with E-state index in [-0.39, 0.29) is 5.71 Å². The highest BCUT2D eigenvalue weighted by Crippen LogP contribution is 2.30. The summed E-state index contributed by atoms with van der Waals surface area (Å²) in [6, 6.07) is 11.8. The second-order valence-electron chi connectivity index (χ2n) is 6.94. The van der Waals surface area contributed by atoms with Crippen LogP contribution in [-0.2, 0) is 6.42 Å². The monoisotopic (exact) mass is 401 g/mol. The number of anilines is 1. The number of nitrogen functional groups attached to an aromatic ring is 1. The number of fused-ring (bicyclic) bond motifs is 1.